The van der Waals surface area contributed by atoms with Crippen molar-refractivity contribution >= 4 is 43.5 Å². The Balaban J connectivity index is 1.51. The summed E-state index contributed by atoms with van der Waals surface area (Å²) in [7, 11) is 0. The third-order valence-corrected chi connectivity index (χ3v) is 7.10. The normalized spacial score (nSPS) is 30.4. The van der Waals surface area contributed by atoms with E-state index < -0.39 is 0 Å². The average Bonchev–Trinajstić information content (AvgIpc) is 2.85. The molecule has 2 atom stereocenters. The molecule has 0 N–H and O–H groups in total. The van der Waals surface area contributed by atoms with Crippen LogP contribution in [0.2, 0.25) is 0 Å². The Morgan fingerprint density at radius 2 is 2.23 bits per heavy atom. The fourth-order valence-electron chi connectivity index (χ4n) is 4.43. The second kappa shape index (κ2) is 4.52. The van der Waals surface area contributed by atoms with E-state index in [1.807, 2.05) is 18.2 Å². The van der Waals surface area contributed by atoms with Crippen LogP contribution >= 0.6 is 27.5 Å². The first kappa shape index (κ1) is 13.5. The van der Waals surface area contributed by atoms with Gasteiger partial charge in [-0.15, -0.1) is 0 Å². The lowest BCUT2D eigenvalue weighted by atomic mass is 9.61. The Morgan fingerprint density at radius 3 is 2.95 bits per heavy atom. The molecule has 1 spiro atoms. The number of hydrogen-bond donors (Lipinski definition) is 0. The van der Waals surface area contributed by atoms with Gasteiger partial charge < -0.3 is 4.90 Å². The van der Waals surface area contributed by atoms with Crippen LogP contribution in [0.1, 0.15) is 29.8 Å². The van der Waals surface area contributed by atoms with E-state index in [1.165, 1.54) is 30.9 Å². The predicted octanol–water partition coefficient (Wildman–Crippen LogP) is 3.12. The summed E-state index contributed by atoms with van der Waals surface area (Å²) >= 11 is 4.90. The molecule has 2 unspecified atom stereocenters. The van der Waals surface area contributed by atoms with Gasteiger partial charge in [-0.2, -0.15) is 4.37 Å². The van der Waals surface area contributed by atoms with E-state index in [0.717, 1.165) is 34.1 Å². The molecule has 1 aromatic carbocycles. The maximum atomic E-state index is 13.1. The van der Waals surface area contributed by atoms with Gasteiger partial charge in [0.05, 0.1) is 10.7 Å². The second-order valence-electron chi connectivity index (χ2n) is 6.57. The van der Waals surface area contributed by atoms with E-state index in [9.17, 15) is 4.79 Å². The predicted molar refractivity (Wildman–Crippen MR) is 90.3 cm³/mol. The summed E-state index contributed by atoms with van der Waals surface area (Å²) in [6, 6.07) is 6.45. The van der Waals surface area contributed by atoms with Crippen molar-refractivity contribution in [3.05, 3.63) is 28.4 Å². The van der Waals surface area contributed by atoms with Crippen molar-refractivity contribution in [1.29, 1.82) is 0 Å². The van der Waals surface area contributed by atoms with Crippen LogP contribution in [0.3, 0.4) is 0 Å². The monoisotopic (exact) mass is 377 g/mol. The molecule has 5 rings (SSSR count). The molecule has 4 nitrogen and oxygen atoms in total. The van der Waals surface area contributed by atoms with E-state index in [1.54, 1.807) is 0 Å². The quantitative estimate of drug-likeness (QED) is 0.765. The highest BCUT2D eigenvalue weighted by molar-refractivity contribution is 9.10. The minimum absolute atomic E-state index is 0.129. The Morgan fingerprint density at radius 1 is 1.32 bits per heavy atom. The first-order valence-corrected chi connectivity index (χ1v) is 9.37. The molecule has 2 saturated heterocycles. The summed E-state index contributed by atoms with van der Waals surface area (Å²) in [6.07, 6.45) is 3.66. The first-order valence-electron chi connectivity index (χ1n) is 7.80. The molecule has 3 heterocycles. The molecular formula is C16H16BrN3OS. The van der Waals surface area contributed by atoms with Gasteiger partial charge in [0.2, 0.25) is 0 Å². The van der Waals surface area contributed by atoms with E-state index in [4.69, 9.17) is 0 Å². The number of fused-ring (bicyclic) bond motifs is 1. The zero-order valence-electron chi connectivity index (χ0n) is 12.1. The molecule has 22 heavy (non-hydrogen) atoms. The Hall–Kier alpha value is -0.980. The number of hydrogen-bond acceptors (Lipinski definition) is 4. The molecule has 3 fully saturated rings. The molecule has 1 saturated carbocycles. The minimum atomic E-state index is 0.129. The SMILES string of the molecule is O=C(c1nsc2cc(Br)ccc12)N1CCN2CCC23CCC13. The number of aromatic nitrogens is 1. The average molecular weight is 378 g/mol. The summed E-state index contributed by atoms with van der Waals surface area (Å²) in [5, 5.41) is 0.989. The fourth-order valence-corrected chi connectivity index (χ4v) is 5.76. The number of halogens is 1. The van der Waals surface area contributed by atoms with E-state index in [0.29, 0.717) is 17.3 Å². The lowest BCUT2D eigenvalue weighted by Crippen LogP contribution is -2.79. The number of rotatable bonds is 1. The topological polar surface area (TPSA) is 36.4 Å². The summed E-state index contributed by atoms with van der Waals surface area (Å²) in [5.74, 6) is 0.129. The third-order valence-electron chi connectivity index (χ3n) is 5.80. The summed E-state index contributed by atoms with van der Waals surface area (Å²) < 4.78 is 6.57. The molecule has 2 aromatic rings. The van der Waals surface area contributed by atoms with Gasteiger partial charge in [-0.1, -0.05) is 15.9 Å². The molecule has 2 aliphatic heterocycles. The standard InChI is InChI=1S/C16H16BrN3OS/c17-10-1-2-11-12(9-10)22-18-14(11)15(21)20-8-7-19-6-5-16(19)4-3-13(16)20/h1-2,9,13H,3-8H2. The van der Waals surface area contributed by atoms with Crippen LogP contribution in [-0.4, -0.2) is 51.3 Å². The van der Waals surface area contributed by atoms with Gasteiger partial charge in [-0.05, 0) is 49.0 Å². The van der Waals surface area contributed by atoms with Crippen molar-refractivity contribution in [2.75, 3.05) is 19.6 Å². The molecule has 0 bridgehead atoms. The number of benzene rings is 1. The van der Waals surface area contributed by atoms with Crippen molar-refractivity contribution < 1.29 is 4.79 Å². The van der Waals surface area contributed by atoms with Crippen LogP contribution in [0.4, 0.5) is 0 Å². The lowest BCUT2D eigenvalue weighted by Gasteiger charge is -2.68. The van der Waals surface area contributed by atoms with Crippen molar-refractivity contribution in [3.8, 4) is 0 Å². The van der Waals surface area contributed by atoms with E-state index in [-0.39, 0.29) is 5.91 Å². The van der Waals surface area contributed by atoms with Gasteiger partial charge in [-0.3, -0.25) is 9.69 Å². The Labute approximate surface area is 141 Å². The molecule has 6 heteroatoms. The second-order valence-corrected chi connectivity index (χ2v) is 8.29. The van der Waals surface area contributed by atoms with Gasteiger partial charge in [-0.25, -0.2) is 0 Å². The molecule has 3 aliphatic rings. The van der Waals surface area contributed by atoms with Crippen LogP contribution in [-0.2, 0) is 0 Å². The fraction of sp³-hybridized carbons (Fsp3) is 0.500. The van der Waals surface area contributed by atoms with Crippen molar-refractivity contribution in [1.82, 2.24) is 14.2 Å². The number of carbonyl (C=O) groups excluding carboxylic acids is 1. The first-order chi connectivity index (χ1) is 10.7. The van der Waals surface area contributed by atoms with Gasteiger partial charge in [0.15, 0.2) is 0 Å². The summed E-state index contributed by atoms with van der Waals surface area (Å²) in [6.45, 7) is 3.09. The molecule has 114 valence electrons. The molecule has 1 amide bonds. The van der Waals surface area contributed by atoms with Crippen LogP contribution < -0.4 is 0 Å². The number of nitrogens with zero attached hydrogens (tertiary/aromatic N) is 3. The third kappa shape index (κ3) is 1.61. The highest BCUT2D eigenvalue weighted by Gasteiger charge is 2.61. The van der Waals surface area contributed by atoms with Crippen molar-refractivity contribution in [2.24, 2.45) is 0 Å². The largest absolute Gasteiger partial charge is 0.331 e. The highest BCUT2D eigenvalue weighted by atomic mass is 79.9. The highest BCUT2D eigenvalue weighted by Crippen LogP contribution is 2.51. The van der Waals surface area contributed by atoms with Crippen LogP contribution in [0.15, 0.2) is 22.7 Å². The molecule has 1 aliphatic carbocycles. The number of amides is 1. The van der Waals surface area contributed by atoms with E-state index >= 15 is 0 Å². The molecule has 0 radical (unpaired) electrons. The van der Waals surface area contributed by atoms with Gasteiger partial charge in [0.1, 0.15) is 5.69 Å². The van der Waals surface area contributed by atoms with Crippen LogP contribution in [0, 0.1) is 0 Å². The van der Waals surface area contributed by atoms with Gasteiger partial charge >= 0.3 is 0 Å². The van der Waals surface area contributed by atoms with Crippen molar-refractivity contribution in [2.45, 2.75) is 30.8 Å². The smallest absolute Gasteiger partial charge is 0.274 e. The Bertz CT molecular complexity index is 787. The van der Waals surface area contributed by atoms with Gasteiger partial charge in [0.25, 0.3) is 5.91 Å². The molecule has 1 aromatic heterocycles. The maximum absolute atomic E-state index is 13.1. The van der Waals surface area contributed by atoms with E-state index in [2.05, 4.69) is 30.1 Å². The zero-order chi connectivity index (χ0) is 14.9. The summed E-state index contributed by atoms with van der Waals surface area (Å²) in [5.41, 5.74) is 0.963. The molecular weight excluding hydrogens is 362 g/mol. The number of carbonyl (C=O) groups is 1. The Kier molecular flexibility index (Phi) is 2.77. The lowest BCUT2D eigenvalue weighted by molar-refractivity contribution is -0.161. The number of piperazine rings is 1. The zero-order valence-corrected chi connectivity index (χ0v) is 14.5. The van der Waals surface area contributed by atoms with Crippen LogP contribution in [0.25, 0.3) is 10.1 Å². The van der Waals surface area contributed by atoms with Crippen molar-refractivity contribution in [3.63, 3.8) is 0 Å². The maximum Gasteiger partial charge on any atom is 0.274 e. The van der Waals surface area contributed by atoms with Crippen LogP contribution in [0.5, 0.6) is 0 Å². The summed E-state index contributed by atoms with van der Waals surface area (Å²) in [4.78, 5) is 17.8. The van der Waals surface area contributed by atoms with Gasteiger partial charge in [0, 0.05) is 35.0 Å². The minimum Gasteiger partial charge on any atom is -0.331 e.